The van der Waals surface area contributed by atoms with Gasteiger partial charge in [0.25, 0.3) is 0 Å². The molecule has 0 bridgehead atoms. The van der Waals surface area contributed by atoms with Gasteiger partial charge in [-0.1, -0.05) is 0 Å². The van der Waals surface area contributed by atoms with Gasteiger partial charge in [0.15, 0.2) is 0 Å². The molecular formula is C13H18O3S. The number of thiophene rings is 1. The largest absolute Gasteiger partial charge is 0.460 e. The van der Waals surface area contributed by atoms with Crippen LogP contribution in [0.5, 0.6) is 0 Å². The molecule has 17 heavy (non-hydrogen) atoms. The molecule has 1 aromatic rings. The summed E-state index contributed by atoms with van der Waals surface area (Å²) < 4.78 is 10.8. The maximum Gasteiger partial charge on any atom is 0.306 e. The normalized spacial score (nSPS) is 23.8. The second kappa shape index (κ2) is 6.17. The Labute approximate surface area is 106 Å². The number of aryl methyl sites for hydroxylation is 1. The molecule has 1 heterocycles. The number of methoxy groups -OCH3 is 1. The van der Waals surface area contributed by atoms with Gasteiger partial charge in [0, 0.05) is 13.5 Å². The topological polar surface area (TPSA) is 35.5 Å². The van der Waals surface area contributed by atoms with E-state index >= 15 is 0 Å². The minimum absolute atomic E-state index is 0.0324. The second-order valence-corrected chi connectivity index (χ2v) is 5.15. The van der Waals surface area contributed by atoms with E-state index in [0.717, 1.165) is 25.7 Å². The van der Waals surface area contributed by atoms with Crippen LogP contribution < -0.4 is 0 Å². The SMILES string of the molecule is CO[C@@H]1CCC[C@H]1OC(=O)CCc1ccsc1. The van der Waals surface area contributed by atoms with Gasteiger partial charge in [-0.15, -0.1) is 0 Å². The van der Waals surface area contributed by atoms with Crippen molar-refractivity contribution in [1.82, 2.24) is 0 Å². The maximum absolute atomic E-state index is 11.7. The maximum atomic E-state index is 11.7. The number of ether oxygens (including phenoxy) is 2. The fraction of sp³-hybridized carbons (Fsp3) is 0.615. The summed E-state index contributed by atoms with van der Waals surface area (Å²) in [6.45, 7) is 0. The molecular weight excluding hydrogens is 236 g/mol. The first-order valence-corrected chi connectivity index (χ1v) is 6.97. The molecule has 0 N–H and O–H groups in total. The molecule has 1 fully saturated rings. The third kappa shape index (κ3) is 3.54. The molecule has 2 rings (SSSR count). The molecule has 0 radical (unpaired) electrons. The van der Waals surface area contributed by atoms with Crippen LogP contribution in [0.2, 0.25) is 0 Å². The van der Waals surface area contributed by atoms with Crippen LogP contribution in [-0.2, 0) is 20.7 Å². The first-order chi connectivity index (χ1) is 8.29. The average molecular weight is 254 g/mol. The van der Waals surface area contributed by atoms with Gasteiger partial charge >= 0.3 is 5.97 Å². The number of rotatable bonds is 5. The number of esters is 1. The van der Waals surface area contributed by atoms with Crippen LogP contribution in [0.3, 0.4) is 0 Å². The van der Waals surface area contributed by atoms with Crippen molar-refractivity contribution in [2.45, 2.75) is 44.3 Å². The Morgan fingerprint density at radius 3 is 3.00 bits per heavy atom. The highest BCUT2D eigenvalue weighted by Gasteiger charge is 2.30. The highest BCUT2D eigenvalue weighted by molar-refractivity contribution is 7.07. The molecule has 0 amide bonds. The molecule has 0 spiro atoms. The molecule has 94 valence electrons. The number of carbonyl (C=O) groups is 1. The number of carbonyl (C=O) groups excluding carboxylic acids is 1. The first-order valence-electron chi connectivity index (χ1n) is 6.03. The average Bonchev–Trinajstić information content (AvgIpc) is 2.97. The smallest absolute Gasteiger partial charge is 0.306 e. The summed E-state index contributed by atoms with van der Waals surface area (Å²) in [4.78, 5) is 11.7. The van der Waals surface area contributed by atoms with Crippen LogP contribution in [-0.4, -0.2) is 25.3 Å². The van der Waals surface area contributed by atoms with Crippen LogP contribution in [0.4, 0.5) is 0 Å². The molecule has 1 saturated carbocycles. The van der Waals surface area contributed by atoms with E-state index in [4.69, 9.17) is 9.47 Å². The lowest BCUT2D eigenvalue weighted by Crippen LogP contribution is -2.27. The Balaban J connectivity index is 1.73. The Kier molecular flexibility index (Phi) is 4.57. The predicted molar refractivity (Wildman–Crippen MR) is 67.2 cm³/mol. The van der Waals surface area contributed by atoms with Gasteiger partial charge in [-0.05, 0) is 48.1 Å². The monoisotopic (exact) mass is 254 g/mol. The zero-order chi connectivity index (χ0) is 12.1. The van der Waals surface area contributed by atoms with Gasteiger partial charge < -0.3 is 9.47 Å². The zero-order valence-corrected chi connectivity index (χ0v) is 10.9. The fourth-order valence-corrected chi connectivity index (χ4v) is 2.91. The van der Waals surface area contributed by atoms with Gasteiger partial charge in [0.05, 0.1) is 6.10 Å². The molecule has 2 atom stereocenters. The van der Waals surface area contributed by atoms with Crippen molar-refractivity contribution in [2.24, 2.45) is 0 Å². The third-order valence-electron chi connectivity index (χ3n) is 3.18. The molecule has 0 aliphatic heterocycles. The van der Waals surface area contributed by atoms with Crippen LogP contribution in [0.15, 0.2) is 16.8 Å². The molecule has 1 aliphatic carbocycles. The lowest BCUT2D eigenvalue weighted by atomic mass is 10.2. The standard InChI is InChI=1S/C13H18O3S/c1-15-11-3-2-4-12(11)16-13(14)6-5-10-7-8-17-9-10/h7-9,11-12H,2-6H2,1H3/t11-,12-/m1/s1. The van der Waals surface area contributed by atoms with Crippen molar-refractivity contribution in [3.63, 3.8) is 0 Å². The second-order valence-electron chi connectivity index (χ2n) is 4.36. The van der Waals surface area contributed by atoms with E-state index in [1.165, 1.54) is 5.56 Å². The first kappa shape index (κ1) is 12.6. The quantitative estimate of drug-likeness (QED) is 0.758. The van der Waals surface area contributed by atoms with Gasteiger partial charge in [-0.3, -0.25) is 4.79 Å². The molecule has 4 heteroatoms. The highest BCUT2D eigenvalue weighted by Crippen LogP contribution is 2.24. The third-order valence-corrected chi connectivity index (χ3v) is 3.91. The van der Waals surface area contributed by atoms with Crippen molar-refractivity contribution in [1.29, 1.82) is 0 Å². The summed E-state index contributed by atoms with van der Waals surface area (Å²) in [5.74, 6) is -0.106. The summed E-state index contributed by atoms with van der Waals surface area (Å²) in [6, 6.07) is 2.05. The van der Waals surface area contributed by atoms with Crippen LogP contribution >= 0.6 is 11.3 Å². The van der Waals surface area contributed by atoms with Crippen LogP contribution in [0.1, 0.15) is 31.2 Å². The molecule has 1 aromatic heterocycles. The lowest BCUT2D eigenvalue weighted by Gasteiger charge is -2.18. The van der Waals surface area contributed by atoms with Crippen molar-refractivity contribution in [3.8, 4) is 0 Å². The zero-order valence-electron chi connectivity index (χ0n) is 10.1. The van der Waals surface area contributed by atoms with Gasteiger partial charge in [-0.25, -0.2) is 0 Å². The van der Waals surface area contributed by atoms with E-state index in [9.17, 15) is 4.79 Å². The van der Waals surface area contributed by atoms with Crippen LogP contribution in [0.25, 0.3) is 0 Å². The molecule has 3 nitrogen and oxygen atoms in total. The minimum Gasteiger partial charge on any atom is -0.460 e. The van der Waals surface area contributed by atoms with E-state index in [1.54, 1.807) is 18.4 Å². The summed E-state index contributed by atoms with van der Waals surface area (Å²) >= 11 is 1.66. The summed E-state index contributed by atoms with van der Waals surface area (Å²) in [5.41, 5.74) is 1.21. The van der Waals surface area contributed by atoms with Crippen molar-refractivity contribution in [2.75, 3.05) is 7.11 Å². The highest BCUT2D eigenvalue weighted by atomic mass is 32.1. The van der Waals surface area contributed by atoms with Gasteiger partial charge in [0.1, 0.15) is 6.10 Å². The fourth-order valence-electron chi connectivity index (χ4n) is 2.21. The lowest BCUT2D eigenvalue weighted by molar-refractivity contribution is -0.154. The van der Waals surface area contributed by atoms with E-state index < -0.39 is 0 Å². The summed E-state index contributed by atoms with van der Waals surface area (Å²) in [6.07, 6.45) is 4.31. The summed E-state index contributed by atoms with van der Waals surface area (Å²) in [7, 11) is 1.68. The Morgan fingerprint density at radius 2 is 2.29 bits per heavy atom. The molecule has 0 saturated heterocycles. The summed E-state index contributed by atoms with van der Waals surface area (Å²) in [5, 5.41) is 4.10. The Hall–Kier alpha value is -0.870. The Bertz CT molecular complexity index is 348. The Morgan fingerprint density at radius 1 is 1.47 bits per heavy atom. The van der Waals surface area contributed by atoms with E-state index in [1.807, 2.05) is 11.4 Å². The predicted octanol–water partition coefficient (Wildman–Crippen LogP) is 2.79. The number of hydrogen-bond acceptors (Lipinski definition) is 4. The molecule has 0 unspecified atom stereocenters. The van der Waals surface area contributed by atoms with Crippen molar-refractivity contribution in [3.05, 3.63) is 22.4 Å². The van der Waals surface area contributed by atoms with Gasteiger partial charge in [0.2, 0.25) is 0 Å². The van der Waals surface area contributed by atoms with Crippen LogP contribution in [0, 0.1) is 0 Å². The number of hydrogen-bond donors (Lipinski definition) is 0. The molecule has 1 aliphatic rings. The van der Waals surface area contributed by atoms with Gasteiger partial charge in [-0.2, -0.15) is 11.3 Å². The minimum atomic E-state index is -0.106. The van der Waals surface area contributed by atoms with E-state index in [2.05, 4.69) is 5.38 Å². The van der Waals surface area contributed by atoms with E-state index in [-0.39, 0.29) is 18.2 Å². The molecule has 0 aromatic carbocycles. The van der Waals surface area contributed by atoms with E-state index in [0.29, 0.717) is 6.42 Å². The van der Waals surface area contributed by atoms with Crippen molar-refractivity contribution >= 4 is 17.3 Å². The van der Waals surface area contributed by atoms with Crippen molar-refractivity contribution < 1.29 is 14.3 Å².